The van der Waals surface area contributed by atoms with E-state index >= 15 is 0 Å². The molecule has 0 fully saturated rings. The van der Waals surface area contributed by atoms with Crippen molar-refractivity contribution in [2.75, 3.05) is 5.32 Å². The highest BCUT2D eigenvalue weighted by Crippen LogP contribution is 2.33. The molecule has 3 nitrogen and oxygen atoms in total. The molecule has 0 heterocycles. The SMILES string of the molecule is CC(=O)c1cc(NCc2ccccc2Sc2ccc(C)cc2)cc(Cl)c1O. The Morgan fingerprint density at radius 1 is 1.11 bits per heavy atom. The molecular formula is C22H20ClNO2S. The molecule has 0 unspecified atom stereocenters. The summed E-state index contributed by atoms with van der Waals surface area (Å²) in [5.41, 5.74) is 3.28. The minimum Gasteiger partial charge on any atom is -0.506 e. The molecule has 27 heavy (non-hydrogen) atoms. The van der Waals surface area contributed by atoms with Gasteiger partial charge < -0.3 is 10.4 Å². The molecule has 0 aliphatic rings. The largest absolute Gasteiger partial charge is 0.506 e. The first-order valence-corrected chi connectivity index (χ1v) is 9.73. The number of anilines is 1. The second-order valence-corrected chi connectivity index (χ2v) is 7.81. The predicted molar refractivity (Wildman–Crippen MR) is 112 cm³/mol. The van der Waals surface area contributed by atoms with Gasteiger partial charge in [0.2, 0.25) is 0 Å². The Morgan fingerprint density at radius 2 is 1.81 bits per heavy atom. The van der Waals surface area contributed by atoms with E-state index in [0.29, 0.717) is 12.2 Å². The molecular weight excluding hydrogens is 378 g/mol. The van der Waals surface area contributed by atoms with Crippen molar-refractivity contribution in [1.29, 1.82) is 0 Å². The van der Waals surface area contributed by atoms with Crippen LogP contribution in [0, 0.1) is 6.92 Å². The van der Waals surface area contributed by atoms with Gasteiger partial charge in [-0.1, -0.05) is 59.3 Å². The third kappa shape index (κ3) is 4.85. The van der Waals surface area contributed by atoms with E-state index in [9.17, 15) is 9.90 Å². The minimum absolute atomic E-state index is 0.160. The number of hydrogen-bond donors (Lipinski definition) is 2. The number of aryl methyl sites for hydroxylation is 1. The zero-order chi connectivity index (χ0) is 19.4. The van der Waals surface area contributed by atoms with Gasteiger partial charge >= 0.3 is 0 Å². The lowest BCUT2D eigenvalue weighted by Crippen LogP contribution is -2.03. The molecule has 0 saturated carbocycles. The average molecular weight is 398 g/mol. The van der Waals surface area contributed by atoms with Crippen LogP contribution in [0.4, 0.5) is 5.69 Å². The number of aromatic hydroxyl groups is 1. The van der Waals surface area contributed by atoms with Crippen LogP contribution in [0.2, 0.25) is 5.02 Å². The van der Waals surface area contributed by atoms with Crippen LogP contribution < -0.4 is 5.32 Å². The average Bonchev–Trinajstić information content (AvgIpc) is 2.65. The third-order valence-corrected chi connectivity index (χ3v) is 5.56. The highest BCUT2D eigenvalue weighted by molar-refractivity contribution is 7.99. The van der Waals surface area contributed by atoms with E-state index in [1.165, 1.54) is 17.4 Å². The number of carbonyl (C=O) groups is 1. The van der Waals surface area contributed by atoms with Crippen molar-refractivity contribution in [3.05, 3.63) is 82.4 Å². The van der Waals surface area contributed by atoms with Crippen LogP contribution in [0.3, 0.4) is 0 Å². The van der Waals surface area contributed by atoms with Gasteiger partial charge in [-0.15, -0.1) is 0 Å². The zero-order valence-electron chi connectivity index (χ0n) is 15.1. The fraction of sp³-hybridized carbons (Fsp3) is 0.136. The summed E-state index contributed by atoms with van der Waals surface area (Å²) in [6.07, 6.45) is 0. The number of nitrogens with one attached hydrogen (secondary N) is 1. The lowest BCUT2D eigenvalue weighted by molar-refractivity contribution is 0.101. The lowest BCUT2D eigenvalue weighted by atomic mass is 10.1. The molecule has 0 spiro atoms. The molecule has 0 amide bonds. The molecule has 0 bridgehead atoms. The Hall–Kier alpha value is -2.43. The summed E-state index contributed by atoms with van der Waals surface area (Å²) < 4.78 is 0. The molecule has 0 aromatic heterocycles. The van der Waals surface area contributed by atoms with Gasteiger partial charge in [0.25, 0.3) is 0 Å². The van der Waals surface area contributed by atoms with Crippen LogP contribution in [0.5, 0.6) is 5.75 Å². The maximum atomic E-state index is 11.7. The molecule has 3 aromatic carbocycles. The van der Waals surface area contributed by atoms with Crippen LogP contribution in [0.1, 0.15) is 28.4 Å². The maximum Gasteiger partial charge on any atom is 0.163 e. The van der Waals surface area contributed by atoms with E-state index in [4.69, 9.17) is 11.6 Å². The first-order valence-electron chi connectivity index (χ1n) is 8.54. The summed E-state index contributed by atoms with van der Waals surface area (Å²) in [7, 11) is 0. The third-order valence-electron chi connectivity index (χ3n) is 4.15. The second kappa shape index (κ2) is 8.51. The standard InChI is InChI=1S/C22H20ClNO2S/c1-14-7-9-18(10-8-14)27-21-6-4-3-5-16(21)13-24-17-11-19(15(2)25)22(26)20(23)12-17/h3-12,24,26H,13H2,1-2H3. The normalized spacial score (nSPS) is 10.6. The van der Waals surface area contributed by atoms with E-state index in [1.54, 1.807) is 23.9 Å². The summed E-state index contributed by atoms with van der Waals surface area (Å²) >= 11 is 7.76. The highest BCUT2D eigenvalue weighted by Gasteiger charge is 2.12. The number of phenols is 1. The van der Waals surface area contributed by atoms with Crippen molar-refractivity contribution in [2.45, 2.75) is 30.2 Å². The van der Waals surface area contributed by atoms with Gasteiger partial charge in [0.05, 0.1) is 10.6 Å². The van der Waals surface area contributed by atoms with Gasteiger partial charge in [-0.05, 0) is 49.7 Å². The smallest absolute Gasteiger partial charge is 0.163 e. The number of ketones is 1. The Labute approximate surface area is 168 Å². The Bertz CT molecular complexity index is 971. The van der Waals surface area contributed by atoms with E-state index < -0.39 is 0 Å². The minimum atomic E-state index is -0.228. The summed E-state index contributed by atoms with van der Waals surface area (Å²) in [6.45, 7) is 4.06. The number of hydrogen-bond acceptors (Lipinski definition) is 4. The summed E-state index contributed by atoms with van der Waals surface area (Å²) in [5.74, 6) is -0.404. The van der Waals surface area contributed by atoms with Crippen molar-refractivity contribution >= 4 is 34.8 Å². The molecule has 138 valence electrons. The van der Waals surface area contributed by atoms with Crippen molar-refractivity contribution in [3.63, 3.8) is 0 Å². The molecule has 0 radical (unpaired) electrons. The molecule has 0 aliphatic carbocycles. The van der Waals surface area contributed by atoms with Gasteiger partial charge in [0.1, 0.15) is 5.75 Å². The van der Waals surface area contributed by atoms with E-state index in [0.717, 1.165) is 10.5 Å². The number of rotatable bonds is 6. The van der Waals surface area contributed by atoms with E-state index in [2.05, 4.69) is 48.6 Å². The number of phenolic OH excluding ortho intramolecular Hbond substituents is 1. The van der Waals surface area contributed by atoms with Gasteiger partial charge in [-0.3, -0.25) is 4.79 Å². The topological polar surface area (TPSA) is 49.3 Å². The Balaban J connectivity index is 1.79. The molecule has 0 saturated heterocycles. The van der Waals surface area contributed by atoms with Crippen LogP contribution in [-0.4, -0.2) is 10.9 Å². The maximum absolute atomic E-state index is 11.7. The Kier molecular flexibility index (Phi) is 6.09. The van der Waals surface area contributed by atoms with Crippen molar-refractivity contribution in [3.8, 4) is 5.75 Å². The lowest BCUT2D eigenvalue weighted by Gasteiger charge is -2.13. The second-order valence-electron chi connectivity index (χ2n) is 6.29. The molecule has 0 aliphatic heterocycles. The van der Waals surface area contributed by atoms with Crippen molar-refractivity contribution < 1.29 is 9.90 Å². The fourth-order valence-corrected chi connectivity index (χ4v) is 3.81. The predicted octanol–water partition coefficient (Wildman–Crippen LogP) is 6.32. The number of halogens is 1. The quantitative estimate of drug-likeness (QED) is 0.377. The van der Waals surface area contributed by atoms with Crippen LogP contribution in [-0.2, 0) is 6.54 Å². The van der Waals surface area contributed by atoms with Crippen molar-refractivity contribution in [2.24, 2.45) is 0 Å². The van der Waals surface area contributed by atoms with Crippen LogP contribution in [0.15, 0.2) is 70.5 Å². The molecule has 2 N–H and O–H groups in total. The van der Waals surface area contributed by atoms with Crippen LogP contribution in [0.25, 0.3) is 0 Å². The van der Waals surface area contributed by atoms with E-state index in [1.807, 2.05) is 12.1 Å². The summed E-state index contributed by atoms with van der Waals surface area (Å²) in [4.78, 5) is 14.0. The molecule has 5 heteroatoms. The first kappa shape index (κ1) is 19.3. The molecule has 3 aromatic rings. The molecule has 3 rings (SSSR count). The van der Waals surface area contributed by atoms with Crippen molar-refractivity contribution in [1.82, 2.24) is 0 Å². The zero-order valence-corrected chi connectivity index (χ0v) is 16.7. The van der Waals surface area contributed by atoms with Gasteiger partial charge in [-0.2, -0.15) is 0 Å². The van der Waals surface area contributed by atoms with Crippen LogP contribution >= 0.6 is 23.4 Å². The monoisotopic (exact) mass is 397 g/mol. The van der Waals surface area contributed by atoms with Gasteiger partial charge in [0.15, 0.2) is 5.78 Å². The number of Topliss-reactive ketones (excluding diaryl/α,β-unsaturated/α-hetero) is 1. The van der Waals surface area contributed by atoms with E-state index in [-0.39, 0.29) is 22.1 Å². The van der Waals surface area contributed by atoms with Gasteiger partial charge in [0, 0.05) is 22.0 Å². The fourth-order valence-electron chi connectivity index (χ4n) is 2.65. The molecule has 0 atom stereocenters. The number of benzene rings is 3. The summed E-state index contributed by atoms with van der Waals surface area (Å²) in [6, 6.07) is 19.9. The Morgan fingerprint density at radius 3 is 2.52 bits per heavy atom. The summed E-state index contributed by atoms with van der Waals surface area (Å²) in [5, 5.41) is 13.4. The first-order chi connectivity index (χ1) is 12.9. The number of carbonyl (C=O) groups excluding carboxylic acids is 1. The van der Waals surface area contributed by atoms with Gasteiger partial charge in [-0.25, -0.2) is 0 Å². The highest BCUT2D eigenvalue weighted by atomic mass is 35.5.